The molecule has 30 heavy (non-hydrogen) atoms. The highest BCUT2D eigenvalue weighted by atomic mass is 32.2. The average Bonchev–Trinajstić information content (AvgIpc) is 2.74. The van der Waals surface area contributed by atoms with E-state index in [-0.39, 0.29) is 21.8 Å². The Morgan fingerprint density at radius 3 is 2.37 bits per heavy atom. The van der Waals surface area contributed by atoms with Crippen LogP contribution in [0.4, 0.5) is 5.69 Å². The van der Waals surface area contributed by atoms with E-state index < -0.39 is 10.0 Å². The summed E-state index contributed by atoms with van der Waals surface area (Å²) in [5.74, 6) is 0.834. The van der Waals surface area contributed by atoms with Crippen molar-refractivity contribution in [1.29, 1.82) is 0 Å². The van der Waals surface area contributed by atoms with E-state index in [4.69, 9.17) is 4.74 Å². The zero-order valence-electron chi connectivity index (χ0n) is 17.9. The van der Waals surface area contributed by atoms with E-state index in [0.29, 0.717) is 25.4 Å². The molecule has 0 saturated heterocycles. The maximum Gasteiger partial charge on any atom is 0.246 e. The zero-order chi connectivity index (χ0) is 22.1. The molecule has 1 N–H and O–H groups in total. The molecule has 0 saturated carbocycles. The van der Waals surface area contributed by atoms with Crippen LogP contribution in [-0.2, 0) is 20.6 Å². The van der Waals surface area contributed by atoms with Gasteiger partial charge in [0.1, 0.15) is 10.6 Å². The number of rotatable bonds is 11. The van der Waals surface area contributed by atoms with Crippen molar-refractivity contribution in [1.82, 2.24) is 4.31 Å². The summed E-state index contributed by atoms with van der Waals surface area (Å²) in [4.78, 5) is 12.7. The van der Waals surface area contributed by atoms with E-state index in [0.717, 1.165) is 11.3 Å². The smallest absolute Gasteiger partial charge is 0.246 e. The summed E-state index contributed by atoms with van der Waals surface area (Å²) in [6, 6.07) is 14.7. The topological polar surface area (TPSA) is 75.7 Å². The van der Waals surface area contributed by atoms with Crippen LogP contribution in [0.25, 0.3) is 0 Å². The number of hydrogen-bond donors (Lipinski definition) is 1. The summed E-state index contributed by atoms with van der Waals surface area (Å²) in [6.45, 7) is 8.28. The van der Waals surface area contributed by atoms with Crippen LogP contribution in [0.3, 0.4) is 0 Å². The van der Waals surface area contributed by atoms with E-state index in [9.17, 15) is 13.2 Å². The second kappa shape index (κ2) is 11.4. The zero-order valence-corrected chi connectivity index (χ0v) is 19.6. The normalized spacial score (nSPS) is 12.6. The predicted molar refractivity (Wildman–Crippen MR) is 124 cm³/mol. The van der Waals surface area contributed by atoms with Gasteiger partial charge in [-0.25, -0.2) is 8.42 Å². The summed E-state index contributed by atoms with van der Waals surface area (Å²) >= 11 is 1.53. The fourth-order valence-electron chi connectivity index (χ4n) is 2.88. The fourth-order valence-corrected chi connectivity index (χ4v) is 5.34. The number of sulfonamides is 1. The van der Waals surface area contributed by atoms with Crippen LogP contribution in [0, 0.1) is 0 Å². The molecule has 0 aromatic heterocycles. The number of carbonyl (C=O) groups is 1. The number of amides is 1. The van der Waals surface area contributed by atoms with E-state index in [1.54, 1.807) is 32.9 Å². The summed E-state index contributed by atoms with van der Waals surface area (Å²) < 4.78 is 33.0. The predicted octanol–water partition coefficient (Wildman–Crippen LogP) is 4.38. The van der Waals surface area contributed by atoms with Crippen molar-refractivity contribution in [2.45, 2.75) is 43.6 Å². The first kappa shape index (κ1) is 24.2. The summed E-state index contributed by atoms with van der Waals surface area (Å²) in [5, 5.41) is 2.54. The molecule has 0 fully saturated rings. The van der Waals surface area contributed by atoms with Gasteiger partial charge in [-0.05, 0) is 37.6 Å². The highest BCUT2D eigenvalue weighted by Gasteiger charge is 2.26. The Kier molecular flexibility index (Phi) is 9.20. The van der Waals surface area contributed by atoms with Crippen molar-refractivity contribution in [2.75, 3.05) is 25.0 Å². The third kappa shape index (κ3) is 6.23. The molecule has 0 radical (unpaired) electrons. The number of benzene rings is 2. The molecule has 8 heteroatoms. The lowest BCUT2D eigenvalue weighted by atomic mass is 10.2. The van der Waals surface area contributed by atoms with Gasteiger partial charge in [-0.2, -0.15) is 4.31 Å². The second-order valence-electron chi connectivity index (χ2n) is 6.61. The molecule has 0 aliphatic heterocycles. The van der Waals surface area contributed by atoms with Gasteiger partial charge in [0.2, 0.25) is 15.9 Å². The first-order chi connectivity index (χ1) is 14.3. The fraction of sp³-hybridized carbons (Fsp3) is 0.409. The van der Waals surface area contributed by atoms with Crippen molar-refractivity contribution < 1.29 is 17.9 Å². The minimum Gasteiger partial charge on any atom is -0.492 e. The number of anilines is 1. The molecule has 0 spiro atoms. The van der Waals surface area contributed by atoms with Gasteiger partial charge < -0.3 is 10.1 Å². The maximum atomic E-state index is 13.1. The molecule has 1 amide bonds. The molecule has 1 unspecified atom stereocenters. The molecule has 2 aromatic carbocycles. The Morgan fingerprint density at radius 2 is 1.77 bits per heavy atom. The average molecular weight is 451 g/mol. The Labute approximate surface area is 184 Å². The van der Waals surface area contributed by atoms with Crippen LogP contribution in [0.15, 0.2) is 53.4 Å². The van der Waals surface area contributed by atoms with Gasteiger partial charge in [0, 0.05) is 24.5 Å². The molecule has 164 valence electrons. The molecule has 2 rings (SSSR count). The highest BCUT2D eigenvalue weighted by molar-refractivity contribution is 7.99. The van der Waals surface area contributed by atoms with Crippen LogP contribution in [0.1, 0.15) is 33.3 Å². The standard InChI is InChI=1S/C22H30N2O4S2/c1-5-24(6-2)30(26,27)21-15-19(13-14-20(21)28-7-3)23-22(25)17(4)29-16-18-11-9-8-10-12-18/h8-15,17H,5-7,16H2,1-4H3,(H,23,25). The van der Waals surface area contributed by atoms with Gasteiger partial charge in [0.15, 0.2) is 0 Å². The van der Waals surface area contributed by atoms with Crippen LogP contribution in [-0.4, -0.2) is 43.6 Å². The van der Waals surface area contributed by atoms with Gasteiger partial charge >= 0.3 is 0 Å². The van der Waals surface area contributed by atoms with Crippen LogP contribution in [0.2, 0.25) is 0 Å². The molecule has 2 aromatic rings. The van der Waals surface area contributed by atoms with E-state index in [2.05, 4.69) is 5.32 Å². The molecule has 6 nitrogen and oxygen atoms in total. The Morgan fingerprint density at radius 1 is 1.10 bits per heavy atom. The lowest BCUT2D eigenvalue weighted by molar-refractivity contribution is -0.115. The largest absolute Gasteiger partial charge is 0.492 e. The Hall–Kier alpha value is -2.03. The summed E-state index contributed by atoms with van der Waals surface area (Å²) in [7, 11) is -3.73. The van der Waals surface area contributed by atoms with Gasteiger partial charge in [0.05, 0.1) is 11.9 Å². The number of carbonyl (C=O) groups excluding carboxylic acids is 1. The molecule has 0 heterocycles. The van der Waals surface area contributed by atoms with Gasteiger partial charge in [-0.3, -0.25) is 4.79 Å². The summed E-state index contributed by atoms with van der Waals surface area (Å²) in [6.07, 6.45) is 0. The minimum absolute atomic E-state index is 0.0652. The van der Waals surface area contributed by atoms with E-state index in [1.165, 1.54) is 22.1 Å². The summed E-state index contributed by atoms with van der Waals surface area (Å²) in [5.41, 5.74) is 1.58. The first-order valence-electron chi connectivity index (χ1n) is 10.1. The molecule has 1 atom stereocenters. The number of nitrogens with one attached hydrogen (secondary N) is 1. The SMILES string of the molecule is CCOc1ccc(NC(=O)C(C)SCc2ccccc2)cc1S(=O)(=O)N(CC)CC. The number of ether oxygens (including phenoxy) is 1. The minimum atomic E-state index is -3.73. The first-order valence-corrected chi connectivity index (χ1v) is 12.6. The van der Waals surface area contributed by atoms with E-state index in [1.807, 2.05) is 37.3 Å². The van der Waals surface area contributed by atoms with Gasteiger partial charge in [-0.1, -0.05) is 44.2 Å². The molecule has 0 bridgehead atoms. The quantitative estimate of drug-likeness (QED) is 0.550. The molecular weight excluding hydrogens is 420 g/mol. The van der Waals surface area contributed by atoms with Crippen molar-refractivity contribution in [3.05, 3.63) is 54.1 Å². The lowest BCUT2D eigenvalue weighted by Crippen LogP contribution is -2.31. The number of hydrogen-bond acceptors (Lipinski definition) is 5. The lowest BCUT2D eigenvalue weighted by Gasteiger charge is -2.21. The molecule has 0 aliphatic rings. The van der Waals surface area contributed by atoms with E-state index >= 15 is 0 Å². The Bertz CT molecular complexity index is 929. The molecule has 0 aliphatic carbocycles. The third-order valence-corrected chi connectivity index (χ3v) is 7.83. The van der Waals surface area contributed by atoms with Crippen molar-refractivity contribution >= 4 is 33.4 Å². The molecular formula is C22H30N2O4S2. The van der Waals surface area contributed by atoms with Crippen LogP contribution < -0.4 is 10.1 Å². The second-order valence-corrected chi connectivity index (χ2v) is 9.85. The van der Waals surface area contributed by atoms with Crippen LogP contribution in [0.5, 0.6) is 5.75 Å². The number of nitrogens with zero attached hydrogens (tertiary/aromatic N) is 1. The highest BCUT2D eigenvalue weighted by Crippen LogP contribution is 2.30. The van der Waals surface area contributed by atoms with Crippen LogP contribution >= 0.6 is 11.8 Å². The number of thioether (sulfide) groups is 1. The van der Waals surface area contributed by atoms with Crippen molar-refractivity contribution in [3.63, 3.8) is 0 Å². The maximum absolute atomic E-state index is 13.1. The van der Waals surface area contributed by atoms with Gasteiger partial charge in [-0.15, -0.1) is 11.8 Å². The Balaban J connectivity index is 2.18. The monoisotopic (exact) mass is 450 g/mol. The van der Waals surface area contributed by atoms with Crippen molar-refractivity contribution in [3.8, 4) is 5.75 Å². The van der Waals surface area contributed by atoms with Crippen molar-refractivity contribution in [2.24, 2.45) is 0 Å². The van der Waals surface area contributed by atoms with Gasteiger partial charge in [0.25, 0.3) is 0 Å². The third-order valence-electron chi connectivity index (χ3n) is 4.55.